The quantitative estimate of drug-likeness (QED) is 0.272. The summed E-state index contributed by atoms with van der Waals surface area (Å²) >= 11 is 0. The van der Waals surface area contributed by atoms with E-state index in [4.69, 9.17) is 9.47 Å². The molecule has 0 saturated heterocycles. The number of carboxylic acids is 1. The van der Waals surface area contributed by atoms with Crippen LogP contribution in [0.25, 0.3) is 11.1 Å². The van der Waals surface area contributed by atoms with Crippen molar-refractivity contribution in [1.82, 2.24) is 10.6 Å². The van der Waals surface area contributed by atoms with E-state index in [1.807, 2.05) is 36.4 Å². The molecule has 0 heterocycles. The molecule has 2 aliphatic carbocycles. The molecule has 0 fully saturated rings. The standard InChI is InChI=1S/C31H36N2O6/c34-29(21-38-22-12-4-2-1-3-5-13-22)32-19-11-10-18-28(30(35)36)33-31(37)39-20-27-25-16-8-6-14-23(25)24-15-7-9-17-26(24)27/h6-9,14-17,22,27-28H,1-4,10-12,18-21H2,(H,32,34)(H,33,37)(H,35,36). The van der Waals surface area contributed by atoms with Gasteiger partial charge in [0.05, 0.1) is 0 Å². The van der Waals surface area contributed by atoms with Crippen molar-refractivity contribution in [3.05, 3.63) is 59.7 Å². The lowest BCUT2D eigenvalue weighted by molar-refractivity contribution is -0.139. The molecule has 0 aliphatic heterocycles. The Morgan fingerprint density at radius 3 is 2.41 bits per heavy atom. The van der Waals surface area contributed by atoms with Crippen LogP contribution in [-0.4, -0.2) is 55.0 Å². The monoisotopic (exact) mass is 532 g/mol. The number of hydrogen-bond acceptors (Lipinski definition) is 5. The Balaban J connectivity index is 1.15. The van der Waals surface area contributed by atoms with E-state index < -0.39 is 18.1 Å². The van der Waals surface area contributed by atoms with Crippen LogP contribution < -0.4 is 10.6 Å². The maximum Gasteiger partial charge on any atom is 0.407 e. The number of ether oxygens (including phenoxy) is 2. The average Bonchev–Trinajstić information content (AvgIpc) is 3.24. The minimum absolute atomic E-state index is 0.0412. The summed E-state index contributed by atoms with van der Waals surface area (Å²) < 4.78 is 11.1. The fourth-order valence-electron chi connectivity index (χ4n) is 5.07. The van der Waals surface area contributed by atoms with Gasteiger partial charge < -0.3 is 25.2 Å². The first-order chi connectivity index (χ1) is 19.0. The Hall–Kier alpha value is -3.83. The predicted molar refractivity (Wildman–Crippen MR) is 147 cm³/mol. The topological polar surface area (TPSA) is 114 Å². The van der Waals surface area contributed by atoms with Gasteiger partial charge in [0.1, 0.15) is 25.4 Å². The number of fused-ring (bicyclic) bond motifs is 3. The molecule has 0 radical (unpaired) electrons. The second kappa shape index (κ2) is 14.4. The van der Waals surface area contributed by atoms with Crippen molar-refractivity contribution in [2.75, 3.05) is 19.8 Å². The van der Waals surface area contributed by atoms with Gasteiger partial charge in [0.2, 0.25) is 5.91 Å². The van der Waals surface area contributed by atoms with E-state index >= 15 is 0 Å². The Bertz CT molecular complexity index is 1170. The number of carbonyl (C=O) groups is 3. The van der Waals surface area contributed by atoms with E-state index in [1.54, 1.807) is 0 Å². The van der Waals surface area contributed by atoms with Gasteiger partial charge in [-0.05, 0) is 60.8 Å². The minimum atomic E-state index is -1.12. The Kier molecular flexibility index (Phi) is 10.4. The molecule has 2 aromatic carbocycles. The van der Waals surface area contributed by atoms with Crippen LogP contribution in [-0.2, 0) is 19.1 Å². The van der Waals surface area contributed by atoms with E-state index in [0.717, 1.165) is 54.4 Å². The first kappa shape index (κ1) is 28.2. The molecule has 206 valence electrons. The van der Waals surface area contributed by atoms with E-state index in [-0.39, 0.29) is 37.6 Å². The van der Waals surface area contributed by atoms with Gasteiger partial charge in [-0.2, -0.15) is 0 Å². The van der Waals surface area contributed by atoms with Crippen LogP contribution in [0, 0.1) is 11.8 Å². The van der Waals surface area contributed by atoms with Gasteiger partial charge in [-0.3, -0.25) is 4.79 Å². The van der Waals surface area contributed by atoms with E-state index in [0.29, 0.717) is 19.4 Å². The van der Waals surface area contributed by atoms with Gasteiger partial charge >= 0.3 is 12.1 Å². The van der Waals surface area contributed by atoms with Crippen molar-refractivity contribution in [2.45, 2.75) is 69.4 Å². The smallest absolute Gasteiger partial charge is 0.407 e. The van der Waals surface area contributed by atoms with Gasteiger partial charge in [-0.15, -0.1) is 5.92 Å². The van der Waals surface area contributed by atoms with Crippen LogP contribution in [0.1, 0.15) is 68.4 Å². The van der Waals surface area contributed by atoms with Crippen molar-refractivity contribution in [3.63, 3.8) is 0 Å². The molecule has 0 bridgehead atoms. The lowest BCUT2D eigenvalue weighted by Gasteiger charge is -2.17. The lowest BCUT2D eigenvalue weighted by atomic mass is 9.98. The minimum Gasteiger partial charge on any atom is -0.480 e. The highest BCUT2D eigenvalue weighted by Crippen LogP contribution is 2.44. The zero-order valence-corrected chi connectivity index (χ0v) is 22.1. The number of nitrogens with one attached hydrogen (secondary N) is 2. The molecule has 3 N–H and O–H groups in total. The second-order valence-electron chi connectivity index (χ2n) is 9.93. The van der Waals surface area contributed by atoms with Crippen molar-refractivity contribution >= 4 is 18.0 Å². The van der Waals surface area contributed by atoms with Crippen molar-refractivity contribution in [2.24, 2.45) is 0 Å². The molecule has 2 aromatic rings. The van der Waals surface area contributed by atoms with Gasteiger partial charge in [-0.1, -0.05) is 60.9 Å². The van der Waals surface area contributed by atoms with Crippen molar-refractivity contribution < 1.29 is 29.0 Å². The van der Waals surface area contributed by atoms with Crippen LogP contribution in [0.4, 0.5) is 4.79 Å². The fourth-order valence-corrected chi connectivity index (χ4v) is 5.07. The van der Waals surface area contributed by atoms with Crippen molar-refractivity contribution in [3.8, 4) is 23.0 Å². The Morgan fingerprint density at radius 1 is 0.974 bits per heavy atom. The molecular formula is C31H36N2O6. The summed E-state index contributed by atoms with van der Waals surface area (Å²) in [6.07, 6.45) is 5.37. The molecule has 39 heavy (non-hydrogen) atoms. The highest BCUT2D eigenvalue weighted by molar-refractivity contribution is 5.81. The first-order valence-corrected chi connectivity index (χ1v) is 13.7. The number of unbranched alkanes of at least 4 members (excludes halogenated alkanes) is 1. The summed E-state index contributed by atoms with van der Waals surface area (Å²) in [6.45, 7) is 0.475. The molecule has 8 heteroatoms. The maximum atomic E-state index is 12.5. The van der Waals surface area contributed by atoms with Crippen LogP contribution in [0.5, 0.6) is 0 Å². The molecular weight excluding hydrogens is 496 g/mol. The summed E-state index contributed by atoms with van der Waals surface area (Å²) in [4.78, 5) is 36.3. The number of rotatable bonds is 12. The molecule has 0 spiro atoms. The normalized spacial score (nSPS) is 16.9. The average molecular weight is 533 g/mol. The molecule has 0 saturated carbocycles. The third-order valence-corrected chi connectivity index (χ3v) is 7.12. The molecule has 0 aromatic heterocycles. The summed E-state index contributed by atoms with van der Waals surface area (Å²) in [5.74, 6) is 4.72. The summed E-state index contributed by atoms with van der Waals surface area (Å²) in [5.41, 5.74) is 4.42. The highest BCUT2D eigenvalue weighted by Gasteiger charge is 2.29. The van der Waals surface area contributed by atoms with Crippen LogP contribution >= 0.6 is 0 Å². The van der Waals surface area contributed by atoms with E-state index in [1.165, 1.54) is 0 Å². The number of amides is 2. The fraction of sp³-hybridized carbons (Fsp3) is 0.452. The summed E-state index contributed by atoms with van der Waals surface area (Å²) in [7, 11) is 0. The Morgan fingerprint density at radius 2 is 1.69 bits per heavy atom. The third-order valence-electron chi connectivity index (χ3n) is 7.12. The number of benzene rings is 2. The summed E-state index contributed by atoms with van der Waals surface area (Å²) in [5, 5.41) is 14.8. The molecule has 2 unspecified atom stereocenters. The molecule has 2 aliphatic rings. The number of carbonyl (C=O) groups excluding carboxylic acids is 2. The van der Waals surface area contributed by atoms with E-state index in [2.05, 4.69) is 34.6 Å². The number of aliphatic carboxylic acids is 1. The van der Waals surface area contributed by atoms with E-state index in [9.17, 15) is 19.5 Å². The predicted octanol–water partition coefficient (Wildman–Crippen LogP) is 4.62. The van der Waals surface area contributed by atoms with Gasteiger partial charge in [0.25, 0.3) is 0 Å². The largest absolute Gasteiger partial charge is 0.480 e. The number of carboxylic acid groups (broad SMARTS) is 1. The Labute approximate surface area is 229 Å². The van der Waals surface area contributed by atoms with Crippen molar-refractivity contribution in [1.29, 1.82) is 0 Å². The van der Waals surface area contributed by atoms with Crippen LogP contribution in [0.2, 0.25) is 0 Å². The third kappa shape index (κ3) is 8.08. The van der Waals surface area contributed by atoms with Gasteiger partial charge in [0, 0.05) is 18.9 Å². The maximum absolute atomic E-state index is 12.5. The summed E-state index contributed by atoms with van der Waals surface area (Å²) in [6, 6.07) is 15.0. The lowest BCUT2D eigenvalue weighted by Crippen LogP contribution is -2.41. The number of alkyl carbamates (subject to hydrolysis) is 1. The zero-order valence-electron chi connectivity index (χ0n) is 22.1. The van der Waals surface area contributed by atoms with Gasteiger partial charge in [0.15, 0.2) is 0 Å². The molecule has 4 rings (SSSR count). The zero-order chi connectivity index (χ0) is 27.5. The van der Waals surface area contributed by atoms with Gasteiger partial charge in [-0.25, -0.2) is 9.59 Å². The van der Waals surface area contributed by atoms with Crippen LogP contribution in [0.3, 0.4) is 0 Å². The molecule has 2 amide bonds. The molecule has 8 nitrogen and oxygen atoms in total. The first-order valence-electron chi connectivity index (χ1n) is 13.7. The second-order valence-corrected chi connectivity index (χ2v) is 9.93. The highest BCUT2D eigenvalue weighted by atomic mass is 16.5. The molecule has 2 atom stereocenters. The number of hydrogen-bond donors (Lipinski definition) is 3. The SMILES string of the molecule is O=C(COC1C#CCCCCC1)NCCCCC(NC(=O)OCC1c2ccccc2-c2ccccc21)C(=O)O. The van der Waals surface area contributed by atoms with Crippen LogP contribution in [0.15, 0.2) is 48.5 Å².